The van der Waals surface area contributed by atoms with Gasteiger partial charge in [-0.15, -0.1) is 0 Å². The molecule has 2 rings (SSSR count). The maximum absolute atomic E-state index is 12.4. The Morgan fingerprint density at radius 1 is 1.08 bits per heavy atom. The molecule has 0 aliphatic rings. The fourth-order valence-electron chi connectivity index (χ4n) is 2.06. The number of ether oxygens (including phenoxy) is 1. The van der Waals surface area contributed by atoms with E-state index in [-0.39, 0.29) is 15.5 Å². The van der Waals surface area contributed by atoms with Crippen LogP contribution >= 0.6 is 23.2 Å². The van der Waals surface area contributed by atoms with Gasteiger partial charge in [-0.2, -0.15) is 0 Å². The summed E-state index contributed by atoms with van der Waals surface area (Å²) in [4.78, 5) is 12.4. The molecule has 0 aromatic heterocycles. The van der Waals surface area contributed by atoms with E-state index >= 15 is 0 Å². The number of esters is 1. The summed E-state index contributed by atoms with van der Waals surface area (Å²) in [6.45, 7) is 1.70. The number of hydrogen-bond acceptors (Lipinski definition) is 4. The molecule has 0 radical (unpaired) electrons. The molecule has 0 unspecified atom stereocenters. The van der Waals surface area contributed by atoms with Crippen LogP contribution < -0.4 is 0 Å². The normalized spacial score (nSPS) is 12.9. The summed E-state index contributed by atoms with van der Waals surface area (Å²) in [7, 11) is -0.868. The molecule has 2 aromatic rings. The second-order valence-corrected chi connectivity index (χ2v) is 8.52. The maximum atomic E-state index is 12.4. The van der Waals surface area contributed by atoms with Crippen LogP contribution in [-0.2, 0) is 14.8 Å². The average Bonchev–Trinajstić information content (AvgIpc) is 2.55. The molecule has 0 saturated carbocycles. The summed E-state index contributed by atoms with van der Waals surface area (Å²) in [5, 5.41) is 0.693. The lowest BCUT2D eigenvalue weighted by Gasteiger charge is -2.16. The van der Waals surface area contributed by atoms with Crippen LogP contribution in [0.4, 0.5) is 0 Å². The standard InChI is InChI=1S/C17H17Cl2NO4S/c1-11(12-4-6-13(18)7-5-12)24-17(21)15-10-14(8-9-16(15)19)25(22,23)20(2)3/h4-11H,1-3H3/t11-/m0/s1. The van der Waals surface area contributed by atoms with Gasteiger partial charge in [0.05, 0.1) is 15.5 Å². The van der Waals surface area contributed by atoms with E-state index in [1.165, 1.54) is 32.3 Å². The van der Waals surface area contributed by atoms with Gasteiger partial charge in [0, 0.05) is 19.1 Å². The molecule has 0 heterocycles. The first-order valence-corrected chi connectivity index (χ1v) is 9.51. The van der Waals surface area contributed by atoms with Crippen molar-refractivity contribution in [2.75, 3.05) is 14.1 Å². The van der Waals surface area contributed by atoms with Crippen molar-refractivity contribution in [1.29, 1.82) is 0 Å². The van der Waals surface area contributed by atoms with Crippen molar-refractivity contribution in [1.82, 2.24) is 4.31 Å². The Balaban J connectivity index is 2.28. The van der Waals surface area contributed by atoms with Crippen LogP contribution in [0.25, 0.3) is 0 Å². The Labute approximate surface area is 157 Å². The molecule has 5 nitrogen and oxygen atoms in total. The Hall–Kier alpha value is -1.60. The van der Waals surface area contributed by atoms with Crippen LogP contribution in [0, 0.1) is 0 Å². The predicted molar refractivity (Wildman–Crippen MR) is 97.6 cm³/mol. The minimum atomic E-state index is -3.68. The van der Waals surface area contributed by atoms with Crippen molar-refractivity contribution in [2.45, 2.75) is 17.9 Å². The van der Waals surface area contributed by atoms with Gasteiger partial charge in [0.15, 0.2) is 0 Å². The van der Waals surface area contributed by atoms with Gasteiger partial charge in [0.1, 0.15) is 6.10 Å². The highest BCUT2D eigenvalue weighted by atomic mass is 35.5. The lowest BCUT2D eigenvalue weighted by atomic mass is 10.1. The maximum Gasteiger partial charge on any atom is 0.340 e. The van der Waals surface area contributed by atoms with Gasteiger partial charge < -0.3 is 4.74 Å². The van der Waals surface area contributed by atoms with Gasteiger partial charge >= 0.3 is 5.97 Å². The number of nitrogens with zero attached hydrogens (tertiary/aromatic N) is 1. The van der Waals surface area contributed by atoms with E-state index in [1.807, 2.05) is 0 Å². The van der Waals surface area contributed by atoms with E-state index in [9.17, 15) is 13.2 Å². The largest absolute Gasteiger partial charge is 0.454 e. The molecule has 0 aliphatic carbocycles. The highest BCUT2D eigenvalue weighted by molar-refractivity contribution is 7.89. The summed E-state index contributed by atoms with van der Waals surface area (Å²) in [6.07, 6.45) is -0.546. The van der Waals surface area contributed by atoms with E-state index in [0.717, 1.165) is 9.87 Å². The van der Waals surface area contributed by atoms with E-state index < -0.39 is 22.1 Å². The van der Waals surface area contributed by atoms with Crippen molar-refractivity contribution in [3.8, 4) is 0 Å². The molecule has 0 amide bonds. The zero-order chi connectivity index (χ0) is 18.8. The number of halogens is 2. The quantitative estimate of drug-likeness (QED) is 0.705. The fraction of sp³-hybridized carbons (Fsp3) is 0.235. The lowest BCUT2D eigenvalue weighted by molar-refractivity contribution is 0.0338. The summed E-state index contributed by atoms with van der Waals surface area (Å²) in [6, 6.07) is 10.8. The Bertz CT molecular complexity index is 880. The van der Waals surface area contributed by atoms with Crippen molar-refractivity contribution in [3.63, 3.8) is 0 Å². The fourth-order valence-corrected chi connectivity index (χ4v) is 3.31. The molecule has 1 atom stereocenters. The molecule has 0 N–H and O–H groups in total. The minimum absolute atomic E-state index is 0.00888. The molecule has 0 spiro atoms. The molecule has 0 saturated heterocycles. The number of carbonyl (C=O) groups excluding carboxylic acids is 1. The topological polar surface area (TPSA) is 63.7 Å². The molecule has 0 bridgehead atoms. The summed E-state index contributed by atoms with van der Waals surface area (Å²) >= 11 is 11.9. The first-order chi connectivity index (χ1) is 11.6. The minimum Gasteiger partial charge on any atom is -0.454 e. The van der Waals surface area contributed by atoms with Crippen LogP contribution in [0.1, 0.15) is 28.9 Å². The number of hydrogen-bond donors (Lipinski definition) is 0. The summed E-state index contributed by atoms with van der Waals surface area (Å²) in [5.41, 5.74) is 0.747. The molecule has 0 aliphatic heterocycles. The number of benzene rings is 2. The Morgan fingerprint density at radius 2 is 1.68 bits per heavy atom. The van der Waals surface area contributed by atoms with Crippen LogP contribution in [0.3, 0.4) is 0 Å². The van der Waals surface area contributed by atoms with Gasteiger partial charge in [-0.1, -0.05) is 35.3 Å². The Morgan fingerprint density at radius 3 is 2.24 bits per heavy atom. The van der Waals surface area contributed by atoms with Gasteiger partial charge in [-0.05, 0) is 42.8 Å². The van der Waals surface area contributed by atoms with Crippen molar-refractivity contribution < 1.29 is 17.9 Å². The van der Waals surface area contributed by atoms with Crippen molar-refractivity contribution in [3.05, 3.63) is 63.6 Å². The molecule has 0 fully saturated rings. The molecular formula is C17H17Cl2NO4S. The van der Waals surface area contributed by atoms with Crippen LogP contribution in [0.15, 0.2) is 47.4 Å². The third-order valence-corrected chi connectivity index (χ3v) is 5.95. The number of carbonyl (C=O) groups is 1. The van der Waals surface area contributed by atoms with Crippen LogP contribution in [0.5, 0.6) is 0 Å². The molecule has 25 heavy (non-hydrogen) atoms. The van der Waals surface area contributed by atoms with Gasteiger partial charge in [-0.25, -0.2) is 17.5 Å². The highest BCUT2D eigenvalue weighted by Crippen LogP contribution is 2.26. The predicted octanol–water partition coefficient (Wildman–Crippen LogP) is 4.16. The third-order valence-electron chi connectivity index (χ3n) is 3.56. The third kappa shape index (κ3) is 4.52. The molecule has 2 aromatic carbocycles. The SMILES string of the molecule is C[C@H](OC(=O)c1cc(S(=O)(=O)N(C)C)ccc1Cl)c1ccc(Cl)cc1. The number of rotatable bonds is 5. The van der Waals surface area contributed by atoms with Gasteiger partial charge in [-0.3, -0.25) is 0 Å². The molecule has 8 heteroatoms. The first kappa shape index (κ1) is 19.7. The monoisotopic (exact) mass is 401 g/mol. The Kier molecular flexibility index (Phi) is 6.11. The second kappa shape index (κ2) is 7.74. The van der Waals surface area contributed by atoms with E-state index in [1.54, 1.807) is 31.2 Å². The lowest BCUT2D eigenvalue weighted by Crippen LogP contribution is -2.22. The van der Waals surface area contributed by atoms with E-state index in [4.69, 9.17) is 27.9 Å². The highest BCUT2D eigenvalue weighted by Gasteiger charge is 2.22. The number of sulfonamides is 1. The summed E-state index contributed by atoms with van der Waals surface area (Å²) < 4.78 is 30.9. The van der Waals surface area contributed by atoms with Gasteiger partial charge in [0.2, 0.25) is 10.0 Å². The zero-order valence-corrected chi connectivity index (χ0v) is 16.2. The van der Waals surface area contributed by atoms with Crippen LogP contribution in [-0.4, -0.2) is 32.8 Å². The first-order valence-electron chi connectivity index (χ1n) is 7.31. The van der Waals surface area contributed by atoms with Gasteiger partial charge in [0.25, 0.3) is 0 Å². The average molecular weight is 402 g/mol. The zero-order valence-electron chi connectivity index (χ0n) is 13.9. The van der Waals surface area contributed by atoms with E-state index in [2.05, 4.69) is 0 Å². The molecule has 134 valence electrons. The second-order valence-electron chi connectivity index (χ2n) is 5.53. The van der Waals surface area contributed by atoms with Crippen molar-refractivity contribution >= 4 is 39.2 Å². The van der Waals surface area contributed by atoms with Crippen LogP contribution in [0.2, 0.25) is 10.0 Å². The van der Waals surface area contributed by atoms with E-state index in [0.29, 0.717) is 5.02 Å². The molecular weight excluding hydrogens is 385 g/mol. The summed E-state index contributed by atoms with van der Waals surface area (Å²) in [5.74, 6) is -0.705. The smallest absolute Gasteiger partial charge is 0.340 e. The van der Waals surface area contributed by atoms with Crippen molar-refractivity contribution in [2.24, 2.45) is 0 Å².